The summed E-state index contributed by atoms with van der Waals surface area (Å²) in [4.78, 5) is 0. The van der Waals surface area contributed by atoms with Gasteiger partial charge in [0.2, 0.25) is 15.2 Å². The molecule has 0 aromatic rings. The lowest BCUT2D eigenvalue weighted by atomic mass is 10.5. The van der Waals surface area contributed by atoms with Gasteiger partial charge in [0, 0.05) is 0 Å². The largest absolute Gasteiger partial charge is 0.208 e. The summed E-state index contributed by atoms with van der Waals surface area (Å²) in [6.45, 7) is 9.20. The summed E-state index contributed by atoms with van der Waals surface area (Å²) < 4.78 is 1.92. The van der Waals surface area contributed by atoms with Gasteiger partial charge in [0.1, 0.15) is 0 Å². The standard InChI is InChI=1S/2C3H7.Al.H2S/c2*1-3-2;;/h2*3H,1-2H3;;1H2. The molecule has 0 amide bonds. The van der Waals surface area contributed by atoms with Crippen LogP contribution >= 0.6 is 13.5 Å². The Morgan fingerprint density at radius 1 is 0.875 bits per heavy atom. The van der Waals surface area contributed by atoms with Crippen molar-refractivity contribution in [2.24, 2.45) is 0 Å². The smallest absolute Gasteiger partial charge is 0.197 e. The molecule has 0 aromatic carbocycles. The van der Waals surface area contributed by atoms with Crippen molar-refractivity contribution in [1.82, 2.24) is 0 Å². The molecule has 0 nitrogen and oxygen atoms in total. The number of hydrogen-bond donors (Lipinski definition) is 0. The molecule has 0 aromatic heterocycles. The van der Waals surface area contributed by atoms with E-state index in [1.165, 1.54) is 0 Å². The van der Waals surface area contributed by atoms with E-state index in [4.69, 9.17) is 0 Å². The molecule has 0 aliphatic rings. The van der Waals surface area contributed by atoms with Crippen molar-refractivity contribution in [3.05, 3.63) is 0 Å². The predicted octanol–water partition coefficient (Wildman–Crippen LogP) is 2.46. The third-order valence-electron chi connectivity index (χ3n) is 0.770. The molecule has 0 fully saturated rings. The lowest BCUT2D eigenvalue weighted by molar-refractivity contribution is 0.971. The van der Waals surface area contributed by atoms with Crippen molar-refractivity contribution in [1.29, 1.82) is 0 Å². The van der Waals surface area contributed by atoms with Crippen LogP contribution in [0.25, 0.3) is 0 Å². The van der Waals surface area contributed by atoms with Gasteiger partial charge < -0.3 is 0 Å². The van der Waals surface area contributed by atoms with E-state index >= 15 is 0 Å². The molecule has 2 heteroatoms. The van der Waals surface area contributed by atoms with Crippen molar-refractivity contribution in [3.63, 3.8) is 0 Å². The Morgan fingerprint density at radius 3 is 1.12 bits per heavy atom. The molecule has 0 rings (SSSR count). The third-order valence-corrected chi connectivity index (χ3v) is 2.31. The van der Waals surface area contributed by atoms with E-state index in [2.05, 4.69) is 27.7 Å². The summed E-state index contributed by atoms with van der Waals surface area (Å²) in [5, 5.41) is 0. The molecule has 0 aliphatic carbocycles. The molecule has 1 radical (unpaired) electrons. The van der Waals surface area contributed by atoms with E-state index in [0.29, 0.717) is 15.2 Å². The maximum Gasteiger partial charge on any atom is 0.208 e. The van der Waals surface area contributed by atoms with Crippen LogP contribution < -0.4 is 0 Å². The third kappa shape index (κ3) is 9.99. The van der Waals surface area contributed by atoms with E-state index in [0.717, 1.165) is 9.56 Å². The van der Waals surface area contributed by atoms with E-state index in [-0.39, 0.29) is 13.5 Å². The van der Waals surface area contributed by atoms with Crippen molar-refractivity contribution in [3.8, 4) is 0 Å². The fourth-order valence-corrected chi connectivity index (χ4v) is 2.31. The zero-order valence-corrected chi connectivity index (χ0v) is 8.39. The first-order valence-corrected chi connectivity index (χ1v) is 4.31. The van der Waals surface area contributed by atoms with Crippen molar-refractivity contribution in [2.75, 3.05) is 0 Å². The molecule has 0 saturated carbocycles. The second-order valence-electron chi connectivity index (χ2n) is 2.68. The highest BCUT2D eigenvalue weighted by molar-refractivity contribution is 7.59. The Kier molecular flexibility index (Phi) is 8.75. The highest BCUT2D eigenvalue weighted by Crippen LogP contribution is 2.07. The highest BCUT2D eigenvalue weighted by atomic mass is 32.1. The molecule has 49 valence electrons. The molecule has 0 N–H and O–H groups in total. The first kappa shape index (κ1) is 11.7. The van der Waals surface area contributed by atoms with Gasteiger partial charge in [-0.15, -0.1) is 0 Å². The average molecular weight is 147 g/mol. The molecule has 0 aliphatic heterocycles. The van der Waals surface area contributed by atoms with Crippen LogP contribution in [0.3, 0.4) is 0 Å². The van der Waals surface area contributed by atoms with Crippen LogP contribution in [-0.2, 0) is 0 Å². The van der Waals surface area contributed by atoms with Crippen LogP contribution in [-0.4, -0.2) is 15.2 Å². The number of hydrogen-bond acceptors (Lipinski definition) is 0. The number of rotatable bonds is 2. The Morgan fingerprint density at radius 2 is 1.12 bits per heavy atom. The van der Waals surface area contributed by atoms with Crippen molar-refractivity contribution in [2.45, 2.75) is 37.3 Å². The normalized spacial score (nSPS) is 9.25. The van der Waals surface area contributed by atoms with Gasteiger partial charge in [0.25, 0.3) is 0 Å². The van der Waals surface area contributed by atoms with Gasteiger partial charge in [-0.2, -0.15) is 13.5 Å². The quantitative estimate of drug-likeness (QED) is 0.526. The first-order valence-electron chi connectivity index (χ1n) is 2.98. The molecule has 0 unspecified atom stereocenters. The molecular formula is C6H16AlS. The van der Waals surface area contributed by atoms with E-state index in [1.807, 2.05) is 0 Å². The second-order valence-corrected chi connectivity index (χ2v) is 5.73. The predicted molar refractivity (Wildman–Crippen MR) is 46.3 cm³/mol. The molecule has 0 bridgehead atoms. The Hall–Kier alpha value is 0.882. The van der Waals surface area contributed by atoms with Crippen LogP contribution in [0.1, 0.15) is 27.7 Å². The van der Waals surface area contributed by atoms with Gasteiger partial charge in [-0.3, -0.25) is 0 Å². The van der Waals surface area contributed by atoms with Crippen LogP contribution in [0.4, 0.5) is 0 Å². The fraction of sp³-hybridized carbons (Fsp3) is 1.00. The Bertz CT molecular complexity index is 37.8. The second kappa shape index (κ2) is 6.01. The first-order chi connectivity index (χ1) is 3.13. The summed E-state index contributed by atoms with van der Waals surface area (Å²) in [6, 6.07) is 0. The average Bonchev–Trinajstić information content (AvgIpc) is 1.27. The SMILES string of the molecule is C[CH](C)[Al][CH](C)C.S. The van der Waals surface area contributed by atoms with Crippen LogP contribution in [0, 0.1) is 0 Å². The molecular weight excluding hydrogens is 131 g/mol. The van der Waals surface area contributed by atoms with Crippen molar-refractivity contribution < 1.29 is 0 Å². The zero-order chi connectivity index (χ0) is 5.86. The van der Waals surface area contributed by atoms with Crippen molar-refractivity contribution >= 4 is 28.7 Å². The van der Waals surface area contributed by atoms with Gasteiger partial charge in [0.05, 0.1) is 0 Å². The highest BCUT2D eigenvalue weighted by Gasteiger charge is 1.99. The maximum absolute atomic E-state index is 2.30. The van der Waals surface area contributed by atoms with E-state index < -0.39 is 0 Å². The molecule has 0 heterocycles. The lowest BCUT2D eigenvalue weighted by Gasteiger charge is -2.02. The monoisotopic (exact) mass is 147 g/mol. The molecule has 0 spiro atoms. The van der Waals surface area contributed by atoms with Crippen LogP contribution in [0.5, 0.6) is 0 Å². The van der Waals surface area contributed by atoms with Gasteiger partial charge in [-0.25, -0.2) is 0 Å². The maximum atomic E-state index is 2.30. The van der Waals surface area contributed by atoms with Gasteiger partial charge in [-0.1, -0.05) is 37.3 Å². The van der Waals surface area contributed by atoms with Crippen LogP contribution in [0.2, 0.25) is 9.56 Å². The Labute approximate surface area is 66.2 Å². The van der Waals surface area contributed by atoms with Gasteiger partial charge in [0.15, 0.2) is 0 Å². The topological polar surface area (TPSA) is 0 Å². The molecule has 8 heavy (non-hydrogen) atoms. The minimum absolute atomic E-state index is 0. The fourth-order valence-electron chi connectivity index (χ4n) is 0.770. The lowest BCUT2D eigenvalue weighted by Crippen LogP contribution is -1.98. The van der Waals surface area contributed by atoms with Gasteiger partial charge >= 0.3 is 0 Å². The summed E-state index contributed by atoms with van der Waals surface area (Å²) in [6.07, 6.45) is 0. The Balaban J connectivity index is 0. The van der Waals surface area contributed by atoms with E-state index in [9.17, 15) is 0 Å². The summed E-state index contributed by atoms with van der Waals surface area (Å²) in [5.74, 6) is 0. The zero-order valence-electron chi connectivity index (χ0n) is 6.23. The minimum Gasteiger partial charge on any atom is -0.197 e. The summed E-state index contributed by atoms with van der Waals surface area (Å²) in [5.41, 5.74) is 0. The summed E-state index contributed by atoms with van der Waals surface area (Å²) >= 11 is 0.713. The molecule has 0 saturated heterocycles. The van der Waals surface area contributed by atoms with Gasteiger partial charge in [-0.05, 0) is 0 Å². The minimum atomic E-state index is 0. The van der Waals surface area contributed by atoms with E-state index in [1.54, 1.807) is 0 Å². The molecule has 0 atom stereocenters. The van der Waals surface area contributed by atoms with Crippen LogP contribution in [0.15, 0.2) is 0 Å². The summed E-state index contributed by atoms with van der Waals surface area (Å²) in [7, 11) is 0.